The molecule has 0 aliphatic heterocycles. The molecule has 1 aromatic heterocycles. The maximum atomic E-state index is 12.4. The minimum absolute atomic E-state index is 0.0504. The minimum atomic E-state index is -0.0504. The number of carbonyl (C=O) groups is 1. The highest BCUT2D eigenvalue weighted by atomic mass is 32.2. The monoisotopic (exact) mass is 416 g/mol. The lowest BCUT2D eigenvalue weighted by molar-refractivity contribution is -0.113. The van der Waals surface area contributed by atoms with Gasteiger partial charge in [0.1, 0.15) is 5.82 Å². The van der Waals surface area contributed by atoms with Gasteiger partial charge in [-0.2, -0.15) is 0 Å². The van der Waals surface area contributed by atoms with Crippen molar-refractivity contribution in [3.63, 3.8) is 0 Å². The molecule has 6 heteroatoms. The van der Waals surface area contributed by atoms with E-state index in [1.54, 1.807) is 0 Å². The van der Waals surface area contributed by atoms with Gasteiger partial charge in [0.05, 0.1) is 5.75 Å². The predicted octanol–water partition coefficient (Wildman–Crippen LogP) is 4.91. The first-order valence-corrected chi connectivity index (χ1v) is 10.8. The van der Waals surface area contributed by atoms with Gasteiger partial charge in [0.15, 0.2) is 5.16 Å². The van der Waals surface area contributed by atoms with Crippen LogP contribution in [0.15, 0.2) is 65.8 Å². The number of benzene rings is 3. The van der Waals surface area contributed by atoms with Crippen LogP contribution in [0.2, 0.25) is 0 Å². The fourth-order valence-electron chi connectivity index (χ4n) is 3.51. The molecule has 0 aliphatic carbocycles. The molecule has 1 N–H and O–H groups in total. The van der Waals surface area contributed by atoms with Crippen molar-refractivity contribution in [1.29, 1.82) is 0 Å². The Bertz CT molecular complexity index is 1210. The van der Waals surface area contributed by atoms with Crippen LogP contribution in [0.25, 0.3) is 10.8 Å². The number of nitrogens with zero attached hydrogens (tertiary/aromatic N) is 3. The van der Waals surface area contributed by atoms with Crippen LogP contribution in [-0.4, -0.2) is 26.4 Å². The standard InChI is InChI=1S/C24H24N4OS/c1-16-11-12-21(17(2)13-16)25-23(29)15-30-24-27-26-22(28(24)3)14-19-9-6-8-18-7-4-5-10-20(18)19/h4-13H,14-15H2,1-3H3,(H,25,29). The average Bonchev–Trinajstić information content (AvgIpc) is 3.08. The van der Waals surface area contributed by atoms with E-state index in [0.717, 1.165) is 22.2 Å². The van der Waals surface area contributed by atoms with Crippen LogP contribution in [0.4, 0.5) is 5.69 Å². The van der Waals surface area contributed by atoms with Crippen molar-refractivity contribution < 1.29 is 4.79 Å². The van der Waals surface area contributed by atoms with Gasteiger partial charge >= 0.3 is 0 Å². The fraction of sp³-hybridized carbons (Fsp3) is 0.208. The van der Waals surface area contributed by atoms with E-state index in [1.807, 2.05) is 43.7 Å². The van der Waals surface area contributed by atoms with Crippen molar-refractivity contribution in [3.8, 4) is 0 Å². The van der Waals surface area contributed by atoms with Crippen LogP contribution in [0, 0.1) is 13.8 Å². The normalized spacial score (nSPS) is 11.0. The van der Waals surface area contributed by atoms with Gasteiger partial charge in [-0.3, -0.25) is 4.79 Å². The Morgan fingerprint density at radius 1 is 1.03 bits per heavy atom. The van der Waals surface area contributed by atoms with Crippen molar-refractivity contribution >= 4 is 34.1 Å². The highest BCUT2D eigenvalue weighted by Crippen LogP contribution is 2.23. The third kappa shape index (κ3) is 4.39. The number of amides is 1. The molecule has 3 aromatic carbocycles. The van der Waals surface area contributed by atoms with Gasteiger partial charge in [0.2, 0.25) is 5.91 Å². The number of hydrogen-bond acceptors (Lipinski definition) is 4. The third-order valence-electron chi connectivity index (χ3n) is 5.14. The van der Waals surface area contributed by atoms with Crippen molar-refractivity contribution in [3.05, 3.63) is 83.2 Å². The number of hydrogen-bond donors (Lipinski definition) is 1. The van der Waals surface area contributed by atoms with E-state index in [4.69, 9.17) is 0 Å². The molecular formula is C24H24N4OS. The molecule has 0 saturated carbocycles. The Kier molecular flexibility index (Phi) is 5.86. The van der Waals surface area contributed by atoms with Gasteiger partial charge < -0.3 is 9.88 Å². The zero-order chi connectivity index (χ0) is 21.1. The van der Waals surface area contributed by atoms with Crippen LogP contribution < -0.4 is 5.32 Å². The van der Waals surface area contributed by atoms with Crippen LogP contribution in [0.1, 0.15) is 22.5 Å². The quantitative estimate of drug-likeness (QED) is 0.454. The van der Waals surface area contributed by atoms with E-state index < -0.39 is 0 Å². The maximum Gasteiger partial charge on any atom is 0.234 e. The molecule has 0 spiro atoms. The number of anilines is 1. The highest BCUT2D eigenvalue weighted by molar-refractivity contribution is 7.99. The molecule has 0 unspecified atom stereocenters. The Hall–Kier alpha value is -3.12. The van der Waals surface area contributed by atoms with Crippen molar-refractivity contribution in [1.82, 2.24) is 14.8 Å². The van der Waals surface area contributed by atoms with Crippen molar-refractivity contribution in [2.24, 2.45) is 7.05 Å². The second kappa shape index (κ2) is 8.71. The third-order valence-corrected chi connectivity index (χ3v) is 6.16. The molecule has 0 aliphatic rings. The predicted molar refractivity (Wildman–Crippen MR) is 123 cm³/mol. The topological polar surface area (TPSA) is 59.8 Å². The summed E-state index contributed by atoms with van der Waals surface area (Å²) in [7, 11) is 1.95. The number of aromatic nitrogens is 3. The highest BCUT2D eigenvalue weighted by Gasteiger charge is 2.13. The molecule has 30 heavy (non-hydrogen) atoms. The summed E-state index contributed by atoms with van der Waals surface area (Å²) in [4.78, 5) is 12.4. The first-order valence-electron chi connectivity index (χ1n) is 9.86. The van der Waals surface area contributed by atoms with E-state index in [9.17, 15) is 4.79 Å². The van der Waals surface area contributed by atoms with E-state index in [-0.39, 0.29) is 11.7 Å². The van der Waals surface area contributed by atoms with Gasteiger partial charge in [0, 0.05) is 19.2 Å². The molecule has 0 atom stereocenters. The molecule has 1 amide bonds. The molecule has 152 valence electrons. The van der Waals surface area contributed by atoms with E-state index >= 15 is 0 Å². The number of nitrogens with one attached hydrogen (secondary N) is 1. The molecule has 4 aromatic rings. The summed E-state index contributed by atoms with van der Waals surface area (Å²) in [5.41, 5.74) is 4.30. The van der Waals surface area contributed by atoms with Crippen LogP contribution in [-0.2, 0) is 18.3 Å². The average molecular weight is 417 g/mol. The Morgan fingerprint density at radius 2 is 1.83 bits per heavy atom. The van der Waals surface area contributed by atoms with E-state index in [0.29, 0.717) is 6.42 Å². The largest absolute Gasteiger partial charge is 0.325 e. The molecule has 5 nitrogen and oxygen atoms in total. The summed E-state index contributed by atoms with van der Waals surface area (Å²) in [6, 6.07) is 20.7. The number of carbonyl (C=O) groups excluding carboxylic acids is 1. The van der Waals surface area contributed by atoms with Crippen LogP contribution >= 0.6 is 11.8 Å². The molecule has 0 bridgehead atoms. The molecule has 1 heterocycles. The molecule has 0 saturated heterocycles. The summed E-state index contributed by atoms with van der Waals surface area (Å²) in [6.45, 7) is 4.04. The Morgan fingerprint density at radius 3 is 2.67 bits per heavy atom. The summed E-state index contributed by atoms with van der Waals surface area (Å²) >= 11 is 1.40. The van der Waals surface area contributed by atoms with Crippen LogP contribution in [0.3, 0.4) is 0 Å². The Labute approximate surface area is 180 Å². The SMILES string of the molecule is Cc1ccc(NC(=O)CSc2nnc(Cc3cccc4ccccc34)n2C)c(C)c1. The number of aryl methyl sites for hydroxylation is 2. The van der Waals surface area contributed by atoms with Gasteiger partial charge in [-0.05, 0) is 41.8 Å². The number of thioether (sulfide) groups is 1. The van der Waals surface area contributed by atoms with E-state index in [1.165, 1.54) is 33.7 Å². The summed E-state index contributed by atoms with van der Waals surface area (Å²) in [5.74, 6) is 1.11. The van der Waals surface area contributed by atoms with Crippen LogP contribution in [0.5, 0.6) is 0 Å². The number of rotatable bonds is 6. The summed E-state index contributed by atoms with van der Waals surface area (Å²) < 4.78 is 1.97. The lowest BCUT2D eigenvalue weighted by atomic mass is 10.0. The zero-order valence-electron chi connectivity index (χ0n) is 17.3. The summed E-state index contributed by atoms with van der Waals surface area (Å²) in [5, 5.41) is 14.8. The lowest BCUT2D eigenvalue weighted by Crippen LogP contribution is -2.15. The second-order valence-electron chi connectivity index (χ2n) is 7.43. The molecule has 0 fully saturated rings. The first kappa shape index (κ1) is 20.2. The van der Waals surface area contributed by atoms with Crippen molar-refractivity contribution in [2.75, 3.05) is 11.1 Å². The molecule has 4 rings (SSSR count). The molecular weight excluding hydrogens is 392 g/mol. The Balaban J connectivity index is 1.42. The smallest absolute Gasteiger partial charge is 0.234 e. The maximum absolute atomic E-state index is 12.4. The van der Waals surface area contributed by atoms with Crippen molar-refractivity contribution in [2.45, 2.75) is 25.4 Å². The minimum Gasteiger partial charge on any atom is -0.325 e. The first-order chi connectivity index (χ1) is 14.5. The van der Waals surface area contributed by atoms with Gasteiger partial charge in [-0.15, -0.1) is 10.2 Å². The second-order valence-corrected chi connectivity index (χ2v) is 8.37. The van der Waals surface area contributed by atoms with Gasteiger partial charge in [-0.25, -0.2) is 0 Å². The van der Waals surface area contributed by atoms with Gasteiger partial charge in [0.25, 0.3) is 0 Å². The van der Waals surface area contributed by atoms with E-state index in [2.05, 4.69) is 58.0 Å². The van der Waals surface area contributed by atoms with Gasteiger partial charge in [-0.1, -0.05) is 71.9 Å². The number of fused-ring (bicyclic) bond motifs is 1. The zero-order valence-corrected chi connectivity index (χ0v) is 18.2. The summed E-state index contributed by atoms with van der Waals surface area (Å²) in [6.07, 6.45) is 0.695. The lowest BCUT2D eigenvalue weighted by Gasteiger charge is -2.09. The molecule has 0 radical (unpaired) electrons. The fourth-order valence-corrected chi connectivity index (χ4v) is 4.24.